The summed E-state index contributed by atoms with van der Waals surface area (Å²) in [7, 11) is -4.25. The van der Waals surface area contributed by atoms with E-state index in [4.69, 9.17) is 0 Å². The van der Waals surface area contributed by atoms with Crippen molar-refractivity contribution >= 4 is 26.0 Å². The van der Waals surface area contributed by atoms with Gasteiger partial charge in [0.2, 0.25) is 10.0 Å². The predicted octanol–water partition coefficient (Wildman–Crippen LogP) is 4.16. The maximum atomic E-state index is 13.8. The van der Waals surface area contributed by atoms with E-state index in [0.29, 0.717) is 11.5 Å². The van der Waals surface area contributed by atoms with E-state index in [2.05, 4.69) is 30.6 Å². The van der Waals surface area contributed by atoms with E-state index >= 15 is 0 Å². The molecule has 0 spiro atoms. The zero-order chi connectivity index (χ0) is 18.9. The Kier molecular flexibility index (Phi) is 5.22. The molecule has 3 aromatic rings. The first kappa shape index (κ1) is 18.7. The minimum atomic E-state index is -4.25. The molecule has 1 aromatic heterocycles. The molecule has 2 aromatic carbocycles. The number of H-pyrrole nitrogens is 1. The fraction of sp³-hybridized carbons (Fsp3) is 0.118. The van der Waals surface area contributed by atoms with Gasteiger partial charge in [-0.05, 0) is 36.8 Å². The van der Waals surface area contributed by atoms with Crippen molar-refractivity contribution in [3.05, 3.63) is 70.6 Å². The van der Waals surface area contributed by atoms with Crippen molar-refractivity contribution in [3.63, 3.8) is 0 Å². The van der Waals surface area contributed by atoms with Crippen molar-refractivity contribution in [2.45, 2.75) is 17.9 Å². The van der Waals surface area contributed by atoms with Gasteiger partial charge in [0.1, 0.15) is 10.7 Å². The van der Waals surface area contributed by atoms with Gasteiger partial charge in [-0.3, -0.25) is 0 Å². The van der Waals surface area contributed by atoms with Crippen LogP contribution in [-0.4, -0.2) is 18.4 Å². The topological polar surface area (TPSA) is 74.8 Å². The van der Waals surface area contributed by atoms with Gasteiger partial charge in [0, 0.05) is 4.47 Å². The zero-order valence-electron chi connectivity index (χ0n) is 13.5. The molecule has 0 saturated heterocycles. The second-order valence-corrected chi connectivity index (χ2v) is 8.18. The Morgan fingerprint density at radius 1 is 1.15 bits per heavy atom. The van der Waals surface area contributed by atoms with Gasteiger partial charge >= 0.3 is 0 Å². The number of nitrogens with zero attached hydrogens (tertiary/aromatic N) is 1. The summed E-state index contributed by atoms with van der Waals surface area (Å²) in [6.45, 7) is 1.55. The van der Waals surface area contributed by atoms with Gasteiger partial charge in [-0.15, -0.1) is 0 Å². The Morgan fingerprint density at radius 3 is 2.54 bits per heavy atom. The summed E-state index contributed by atoms with van der Waals surface area (Å²) >= 11 is 3.35. The third kappa shape index (κ3) is 3.84. The SMILES string of the molecule is CC(NS(=O)(=O)c1cccc(F)c1F)c1ncc(-c2ccc(Br)cc2)[nH]1. The number of hydrogen-bond donors (Lipinski definition) is 2. The minimum Gasteiger partial charge on any atom is -0.341 e. The lowest BCUT2D eigenvalue weighted by Gasteiger charge is -2.13. The van der Waals surface area contributed by atoms with Gasteiger partial charge in [0.25, 0.3) is 0 Å². The molecule has 0 aliphatic heterocycles. The zero-order valence-corrected chi connectivity index (χ0v) is 15.9. The molecule has 0 bridgehead atoms. The number of nitrogens with one attached hydrogen (secondary N) is 2. The normalized spacial score (nSPS) is 12.9. The summed E-state index contributed by atoms with van der Waals surface area (Å²) in [6, 6.07) is 9.71. The standard InChI is InChI=1S/C17H14BrF2N3O2S/c1-10(23-26(24,25)15-4-2-3-13(19)16(15)20)17-21-9-14(22-17)11-5-7-12(18)8-6-11/h2-10,23H,1H3,(H,21,22). The first-order valence-corrected chi connectivity index (χ1v) is 9.83. The van der Waals surface area contributed by atoms with Crippen LogP contribution < -0.4 is 4.72 Å². The number of aromatic amines is 1. The van der Waals surface area contributed by atoms with E-state index in [1.165, 1.54) is 0 Å². The average molecular weight is 442 g/mol. The van der Waals surface area contributed by atoms with Crippen LogP contribution in [0.2, 0.25) is 0 Å². The van der Waals surface area contributed by atoms with Gasteiger partial charge in [-0.2, -0.15) is 0 Å². The molecule has 1 heterocycles. The highest BCUT2D eigenvalue weighted by Gasteiger charge is 2.25. The number of benzene rings is 2. The molecule has 0 amide bonds. The summed E-state index contributed by atoms with van der Waals surface area (Å²) in [5, 5.41) is 0. The van der Waals surface area contributed by atoms with Crippen LogP contribution >= 0.6 is 15.9 Å². The Morgan fingerprint density at radius 2 is 1.85 bits per heavy atom. The number of sulfonamides is 1. The molecule has 2 N–H and O–H groups in total. The number of aromatic nitrogens is 2. The lowest BCUT2D eigenvalue weighted by molar-refractivity contribution is 0.481. The summed E-state index contributed by atoms with van der Waals surface area (Å²) in [6.07, 6.45) is 1.58. The molecule has 0 aliphatic rings. The van der Waals surface area contributed by atoms with Gasteiger partial charge < -0.3 is 4.98 Å². The molecule has 0 saturated carbocycles. The Balaban J connectivity index is 1.83. The molecular formula is C17H14BrF2N3O2S. The second-order valence-electron chi connectivity index (χ2n) is 5.58. The molecular weight excluding hydrogens is 428 g/mol. The van der Waals surface area contributed by atoms with Crippen molar-refractivity contribution in [1.82, 2.24) is 14.7 Å². The third-order valence-electron chi connectivity index (χ3n) is 3.70. The average Bonchev–Trinajstić information content (AvgIpc) is 3.07. The van der Waals surface area contributed by atoms with E-state index in [9.17, 15) is 17.2 Å². The number of halogens is 3. The molecule has 1 unspecified atom stereocenters. The van der Waals surface area contributed by atoms with E-state index in [0.717, 1.165) is 28.2 Å². The van der Waals surface area contributed by atoms with Crippen molar-refractivity contribution in [1.29, 1.82) is 0 Å². The molecule has 26 heavy (non-hydrogen) atoms. The summed E-state index contributed by atoms with van der Waals surface area (Å²) in [4.78, 5) is 6.45. The highest BCUT2D eigenvalue weighted by molar-refractivity contribution is 9.10. The number of rotatable bonds is 5. The van der Waals surface area contributed by atoms with Gasteiger partial charge in [0.05, 0.1) is 17.9 Å². The maximum absolute atomic E-state index is 13.8. The maximum Gasteiger partial charge on any atom is 0.244 e. The fourth-order valence-corrected chi connectivity index (χ4v) is 3.94. The molecule has 136 valence electrons. The second kappa shape index (κ2) is 7.26. The highest BCUT2D eigenvalue weighted by atomic mass is 79.9. The monoisotopic (exact) mass is 441 g/mol. The van der Waals surface area contributed by atoms with Gasteiger partial charge in [0.15, 0.2) is 11.6 Å². The van der Waals surface area contributed by atoms with Crippen LogP contribution in [0.15, 0.2) is 58.0 Å². The summed E-state index contributed by atoms with van der Waals surface area (Å²) in [5.41, 5.74) is 1.58. The summed E-state index contributed by atoms with van der Waals surface area (Å²) < 4.78 is 55.0. The van der Waals surface area contributed by atoms with Gasteiger partial charge in [-0.1, -0.05) is 34.1 Å². The number of imidazole rings is 1. The lowest BCUT2D eigenvalue weighted by Crippen LogP contribution is -2.28. The Bertz CT molecular complexity index is 1040. The van der Waals surface area contributed by atoms with Crippen LogP contribution in [0, 0.1) is 11.6 Å². The first-order valence-electron chi connectivity index (χ1n) is 7.55. The molecule has 3 rings (SSSR count). The van der Waals surface area contributed by atoms with E-state index in [-0.39, 0.29) is 0 Å². The van der Waals surface area contributed by atoms with Crippen LogP contribution in [0.4, 0.5) is 8.78 Å². The highest BCUT2D eigenvalue weighted by Crippen LogP contribution is 2.23. The van der Waals surface area contributed by atoms with Crippen molar-refractivity contribution in [3.8, 4) is 11.3 Å². The van der Waals surface area contributed by atoms with Crippen LogP contribution in [0.25, 0.3) is 11.3 Å². The first-order chi connectivity index (χ1) is 12.3. The lowest BCUT2D eigenvalue weighted by atomic mass is 10.2. The predicted molar refractivity (Wildman–Crippen MR) is 96.8 cm³/mol. The van der Waals surface area contributed by atoms with E-state index in [1.54, 1.807) is 13.1 Å². The van der Waals surface area contributed by atoms with Crippen LogP contribution in [0.3, 0.4) is 0 Å². The van der Waals surface area contributed by atoms with E-state index in [1.807, 2.05) is 24.3 Å². The third-order valence-corrected chi connectivity index (χ3v) is 5.79. The van der Waals surface area contributed by atoms with Crippen LogP contribution in [0.5, 0.6) is 0 Å². The van der Waals surface area contributed by atoms with Crippen LogP contribution in [0.1, 0.15) is 18.8 Å². The van der Waals surface area contributed by atoms with E-state index < -0.39 is 32.6 Å². The fourth-order valence-electron chi connectivity index (χ4n) is 2.38. The minimum absolute atomic E-state index is 0.350. The molecule has 1 atom stereocenters. The quantitative estimate of drug-likeness (QED) is 0.624. The number of hydrogen-bond acceptors (Lipinski definition) is 3. The van der Waals surface area contributed by atoms with Crippen molar-refractivity contribution < 1.29 is 17.2 Å². The largest absolute Gasteiger partial charge is 0.341 e. The van der Waals surface area contributed by atoms with Crippen LogP contribution in [-0.2, 0) is 10.0 Å². The van der Waals surface area contributed by atoms with Crippen molar-refractivity contribution in [2.75, 3.05) is 0 Å². The molecule has 0 aliphatic carbocycles. The summed E-state index contributed by atoms with van der Waals surface area (Å²) in [5.74, 6) is -2.29. The Hall–Kier alpha value is -2.10. The molecule has 0 radical (unpaired) electrons. The van der Waals surface area contributed by atoms with Gasteiger partial charge in [-0.25, -0.2) is 26.9 Å². The molecule has 5 nitrogen and oxygen atoms in total. The molecule has 9 heteroatoms. The van der Waals surface area contributed by atoms with Crippen molar-refractivity contribution in [2.24, 2.45) is 0 Å². The molecule has 0 fully saturated rings. The smallest absolute Gasteiger partial charge is 0.244 e. The Labute approximate surface area is 157 Å².